The Labute approximate surface area is 230 Å². The van der Waals surface area contributed by atoms with Crippen LogP contribution in [0.25, 0.3) is 16.7 Å². The van der Waals surface area contributed by atoms with Crippen LogP contribution in [0.4, 0.5) is 23.1 Å². The molecule has 2 aliphatic heterocycles. The van der Waals surface area contributed by atoms with Crippen molar-refractivity contribution in [2.75, 3.05) is 42.6 Å². The molecule has 9 nitrogen and oxygen atoms in total. The van der Waals surface area contributed by atoms with E-state index in [1.807, 2.05) is 6.07 Å². The zero-order valence-corrected chi connectivity index (χ0v) is 22.5. The number of nitrogens with two attached hydrogens (primary N) is 1. The normalized spacial score (nSPS) is 17.7. The van der Waals surface area contributed by atoms with Crippen LogP contribution in [0.5, 0.6) is 0 Å². The Morgan fingerprint density at radius 2 is 1.92 bits per heavy atom. The number of likely N-dealkylation sites (tertiary alicyclic amines) is 1. The van der Waals surface area contributed by atoms with E-state index in [1.165, 1.54) is 35.2 Å². The summed E-state index contributed by atoms with van der Waals surface area (Å²) in [4.78, 5) is 31.0. The summed E-state index contributed by atoms with van der Waals surface area (Å²) in [6.07, 6.45) is 6.24. The van der Waals surface area contributed by atoms with Crippen LogP contribution in [0.15, 0.2) is 47.4 Å². The third-order valence-corrected chi connectivity index (χ3v) is 8.10. The first-order chi connectivity index (χ1) is 18.4. The zero-order valence-electron chi connectivity index (χ0n) is 21.0. The molecule has 0 bridgehead atoms. The van der Waals surface area contributed by atoms with Crippen molar-refractivity contribution in [1.82, 2.24) is 24.4 Å². The van der Waals surface area contributed by atoms with Gasteiger partial charge >= 0.3 is 5.69 Å². The number of hydrogen-bond donors (Lipinski definition) is 2. The highest BCUT2D eigenvalue weighted by molar-refractivity contribution is 6.37. The van der Waals surface area contributed by atoms with Gasteiger partial charge in [0, 0.05) is 36.7 Å². The number of halogens is 2. The van der Waals surface area contributed by atoms with E-state index >= 15 is 0 Å². The van der Waals surface area contributed by atoms with E-state index in [1.54, 1.807) is 24.4 Å². The molecule has 6 rings (SSSR count). The minimum Gasteiger partial charge on any atom is -0.384 e. The van der Waals surface area contributed by atoms with Gasteiger partial charge in [-0.05, 0) is 75.2 Å². The minimum absolute atomic E-state index is 0.114. The van der Waals surface area contributed by atoms with Crippen LogP contribution in [0.3, 0.4) is 0 Å². The van der Waals surface area contributed by atoms with Crippen molar-refractivity contribution in [1.29, 1.82) is 0 Å². The van der Waals surface area contributed by atoms with Crippen LogP contribution in [-0.4, -0.2) is 57.1 Å². The number of nitrogens with one attached hydrogen (secondary N) is 1. The van der Waals surface area contributed by atoms with E-state index in [2.05, 4.69) is 49.2 Å². The van der Waals surface area contributed by atoms with E-state index in [-0.39, 0.29) is 27.2 Å². The fourth-order valence-corrected chi connectivity index (χ4v) is 6.08. The van der Waals surface area contributed by atoms with Crippen molar-refractivity contribution in [2.45, 2.75) is 31.7 Å². The number of benzene rings is 2. The molecule has 3 N–H and O–H groups in total. The maximum Gasteiger partial charge on any atom is 0.355 e. The first kappa shape index (κ1) is 24.9. The van der Waals surface area contributed by atoms with Gasteiger partial charge < -0.3 is 20.9 Å². The number of anilines is 4. The molecule has 4 heterocycles. The van der Waals surface area contributed by atoms with Crippen molar-refractivity contribution in [3.05, 3.63) is 68.7 Å². The van der Waals surface area contributed by atoms with Crippen LogP contribution in [0, 0.1) is 0 Å². The zero-order chi connectivity index (χ0) is 26.4. The number of nitrogen functional groups attached to an aromatic ring is 1. The Balaban J connectivity index is 1.28. The highest BCUT2D eigenvalue weighted by Crippen LogP contribution is 2.33. The molecule has 0 radical (unpaired) electrons. The summed E-state index contributed by atoms with van der Waals surface area (Å²) in [5.74, 6) is 0.445. The number of para-hydroxylation sites is 1. The SMILES string of the molecule is CN1CCC[C@@H]1CN1CCCc2cc(Nc3ncc4c(N)n(-c5c(Cl)cccc5Cl)c(=O)nc4n3)ccc21. The molecule has 1 fully saturated rings. The van der Waals surface area contributed by atoms with Gasteiger partial charge in [-0.3, -0.25) is 0 Å². The topological polar surface area (TPSA) is 105 Å². The quantitative estimate of drug-likeness (QED) is 0.369. The summed E-state index contributed by atoms with van der Waals surface area (Å²) < 4.78 is 1.18. The largest absolute Gasteiger partial charge is 0.384 e. The fourth-order valence-electron chi connectivity index (χ4n) is 5.52. The molecule has 0 spiro atoms. The van der Waals surface area contributed by atoms with Crippen LogP contribution < -0.4 is 21.6 Å². The van der Waals surface area contributed by atoms with Gasteiger partial charge in [0.15, 0.2) is 5.65 Å². The molecule has 2 aliphatic rings. The average molecular weight is 551 g/mol. The summed E-state index contributed by atoms with van der Waals surface area (Å²) in [6.45, 7) is 3.33. The van der Waals surface area contributed by atoms with Gasteiger partial charge in [-0.25, -0.2) is 14.3 Å². The first-order valence-electron chi connectivity index (χ1n) is 12.7. The van der Waals surface area contributed by atoms with Gasteiger partial charge in [0.1, 0.15) is 5.82 Å². The second kappa shape index (κ2) is 10.1. The van der Waals surface area contributed by atoms with E-state index in [4.69, 9.17) is 28.9 Å². The van der Waals surface area contributed by atoms with Crippen molar-refractivity contribution in [2.24, 2.45) is 0 Å². The maximum atomic E-state index is 12.9. The predicted molar refractivity (Wildman–Crippen MR) is 153 cm³/mol. The Kier molecular flexibility index (Phi) is 6.59. The second-order valence-electron chi connectivity index (χ2n) is 9.91. The van der Waals surface area contributed by atoms with Crippen molar-refractivity contribution in [3.63, 3.8) is 0 Å². The summed E-state index contributed by atoms with van der Waals surface area (Å²) >= 11 is 12.6. The molecule has 4 aromatic rings. The van der Waals surface area contributed by atoms with Crippen LogP contribution in [0.1, 0.15) is 24.8 Å². The number of aromatic nitrogens is 4. The molecule has 2 aromatic carbocycles. The maximum absolute atomic E-state index is 12.9. The van der Waals surface area contributed by atoms with E-state index in [0.717, 1.165) is 31.6 Å². The van der Waals surface area contributed by atoms with E-state index in [9.17, 15) is 4.79 Å². The van der Waals surface area contributed by atoms with Gasteiger partial charge in [0.2, 0.25) is 5.95 Å². The monoisotopic (exact) mass is 550 g/mol. The summed E-state index contributed by atoms with van der Waals surface area (Å²) in [5.41, 5.74) is 9.67. The lowest BCUT2D eigenvalue weighted by atomic mass is 10.00. The molecular weight excluding hydrogens is 523 g/mol. The van der Waals surface area contributed by atoms with Crippen molar-refractivity contribution >= 4 is 57.4 Å². The first-order valence-corrected chi connectivity index (χ1v) is 13.5. The molecule has 0 unspecified atom stereocenters. The van der Waals surface area contributed by atoms with Gasteiger partial charge in [-0.2, -0.15) is 9.97 Å². The lowest BCUT2D eigenvalue weighted by Crippen LogP contribution is -2.40. The number of aryl methyl sites for hydroxylation is 1. The highest BCUT2D eigenvalue weighted by atomic mass is 35.5. The molecule has 11 heteroatoms. The Morgan fingerprint density at radius 1 is 1.11 bits per heavy atom. The van der Waals surface area contributed by atoms with Gasteiger partial charge in [0.05, 0.1) is 21.1 Å². The Hall–Kier alpha value is -3.40. The molecule has 2 aromatic heterocycles. The van der Waals surface area contributed by atoms with Crippen molar-refractivity contribution in [3.8, 4) is 5.69 Å². The lowest BCUT2D eigenvalue weighted by molar-refractivity contribution is 0.310. The predicted octanol–water partition coefficient (Wildman–Crippen LogP) is 4.66. The third kappa shape index (κ3) is 4.55. The Morgan fingerprint density at radius 3 is 2.68 bits per heavy atom. The lowest BCUT2D eigenvalue weighted by Gasteiger charge is -2.35. The summed E-state index contributed by atoms with van der Waals surface area (Å²) in [5, 5.41) is 4.25. The molecule has 38 heavy (non-hydrogen) atoms. The highest BCUT2D eigenvalue weighted by Gasteiger charge is 2.26. The molecule has 196 valence electrons. The number of rotatable bonds is 5. The number of nitrogens with zero attached hydrogens (tertiary/aromatic N) is 6. The van der Waals surface area contributed by atoms with Gasteiger partial charge in [-0.1, -0.05) is 29.3 Å². The molecular formula is C27H28Cl2N8O. The van der Waals surface area contributed by atoms with Crippen LogP contribution >= 0.6 is 23.2 Å². The minimum atomic E-state index is -0.628. The fraction of sp³-hybridized carbons (Fsp3) is 0.333. The standard InChI is InChI=1S/C27H28Cl2N8O/c1-35-11-4-6-18(35)15-36-12-3-5-16-13-17(9-10-22(16)36)32-26-31-14-19-24(30)37(27(38)34-25(19)33-26)23-20(28)7-2-8-21(23)29/h2,7-10,13-14,18H,3-6,11-12,15,30H2,1H3,(H,32,33,34,38)/t18-/m1/s1. The molecule has 0 aliphatic carbocycles. The third-order valence-electron chi connectivity index (χ3n) is 7.49. The number of fused-ring (bicyclic) bond motifs is 2. The van der Waals surface area contributed by atoms with Gasteiger partial charge in [-0.15, -0.1) is 0 Å². The molecule has 1 atom stereocenters. The molecule has 1 saturated heterocycles. The number of likely N-dealkylation sites (N-methyl/N-ethyl adjacent to an activating group) is 1. The smallest absolute Gasteiger partial charge is 0.355 e. The molecule has 0 saturated carbocycles. The second-order valence-corrected chi connectivity index (χ2v) is 10.7. The Bertz CT molecular complexity index is 1570. The van der Waals surface area contributed by atoms with E-state index < -0.39 is 5.69 Å². The summed E-state index contributed by atoms with van der Waals surface area (Å²) in [7, 11) is 2.23. The van der Waals surface area contributed by atoms with Crippen LogP contribution in [-0.2, 0) is 6.42 Å². The van der Waals surface area contributed by atoms with Crippen LogP contribution in [0.2, 0.25) is 10.0 Å². The van der Waals surface area contributed by atoms with E-state index in [0.29, 0.717) is 17.4 Å². The average Bonchev–Trinajstić information content (AvgIpc) is 3.29. The van der Waals surface area contributed by atoms with Crippen molar-refractivity contribution < 1.29 is 0 Å². The van der Waals surface area contributed by atoms with Gasteiger partial charge in [0.25, 0.3) is 0 Å². The number of hydrogen-bond acceptors (Lipinski definition) is 8. The summed E-state index contributed by atoms with van der Waals surface area (Å²) in [6, 6.07) is 11.9. The molecule has 0 amide bonds.